The zero-order chi connectivity index (χ0) is 20.6. The fraction of sp³-hybridized carbons (Fsp3) is 0.632. The molecule has 1 aliphatic heterocycles. The fourth-order valence-electron chi connectivity index (χ4n) is 5.31. The molecule has 0 bridgehead atoms. The van der Waals surface area contributed by atoms with Gasteiger partial charge in [0.05, 0.1) is 17.9 Å². The van der Waals surface area contributed by atoms with Gasteiger partial charge in [-0.2, -0.15) is 10.2 Å². The predicted molar refractivity (Wildman–Crippen MR) is 98.9 cm³/mol. The number of aromatic nitrogens is 4. The van der Waals surface area contributed by atoms with Crippen molar-refractivity contribution < 1.29 is 18.0 Å². The van der Waals surface area contributed by atoms with Crippen LogP contribution in [-0.2, 0) is 6.42 Å². The number of halogens is 3. The number of amides is 1. The molecule has 7 nitrogen and oxygen atoms in total. The average molecular weight is 408 g/mol. The second-order valence-corrected chi connectivity index (χ2v) is 8.69. The predicted octanol–water partition coefficient (Wildman–Crippen LogP) is 2.66. The Hall–Kier alpha value is -2.36. The van der Waals surface area contributed by atoms with Crippen LogP contribution >= 0.6 is 0 Å². The summed E-state index contributed by atoms with van der Waals surface area (Å²) in [5.74, 6) is -4.47. The molecule has 10 heteroatoms. The van der Waals surface area contributed by atoms with Gasteiger partial charge in [-0.3, -0.25) is 14.6 Å². The molecule has 1 amide bonds. The summed E-state index contributed by atoms with van der Waals surface area (Å²) in [4.78, 5) is 12.8. The number of carbonyl (C=O) groups is 1. The summed E-state index contributed by atoms with van der Waals surface area (Å²) in [6.07, 6.45) is 2.78. The monoisotopic (exact) mass is 408 g/mol. The highest BCUT2D eigenvalue weighted by atomic mass is 19.3. The molecular weight excluding hydrogens is 385 g/mol. The maximum absolute atomic E-state index is 14.3. The van der Waals surface area contributed by atoms with Crippen molar-refractivity contribution in [3.8, 4) is 0 Å². The Morgan fingerprint density at radius 2 is 2.21 bits per heavy atom. The number of piperidine rings is 1. The van der Waals surface area contributed by atoms with Gasteiger partial charge in [-0.25, -0.2) is 13.2 Å². The summed E-state index contributed by atoms with van der Waals surface area (Å²) in [5.41, 5.74) is 0.650. The number of carbonyl (C=O) groups excluding carboxylic acids is 1. The molecule has 3 aliphatic rings. The molecule has 0 spiro atoms. The normalized spacial score (nSPS) is 34.9. The van der Waals surface area contributed by atoms with Crippen LogP contribution in [0, 0.1) is 11.3 Å². The van der Waals surface area contributed by atoms with E-state index in [1.54, 1.807) is 20.0 Å². The number of aromatic amines is 1. The van der Waals surface area contributed by atoms with Crippen LogP contribution in [0.25, 0.3) is 0 Å². The van der Waals surface area contributed by atoms with Crippen molar-refractivity contribution in [2.24, 2.45) is 11.3 Å². The second kappa shape index (κ2) is 6.07. The Labute approximate surface area is 165 Å². The lowest BCUT2D eigenvalue weighted by Crippen LogP contribution is -2.39. The van der Waals surface area contributed by atoms with Gasteiger partial charge < -0.3 is 10.6 Å². The van der Waals surface area contributed by atoms with E-state index >= 15 is 0 Å². The number of rotatable bonds is 3. The van der Waals surface area contributed by atoms with E-state index in [-0.39, 0.29) is 24.7 Å². The van der Waals surface area contributed by atoms with Crippen LogP contribution in [0.1, 0.15) is 54.0 Å². The summed E-state index contributed by atoms with van der Waals surface area (Å²) in [7, 11) is 0. The van der Waals surface area contributed by atoms with E-state index in [2.05, 4.69) is 25.9 Å². The summed E-state index contributed by atoms with van der Waals surface area (Å²) in [5, 5.41) is 16.8. The largest absolute Gasteiger partial charge is 0.318 e. The van der Waals surface area contributed by atoms with E-state index in [4.69, 9.17) is 0 Å². The van der Waals surface area contributed by atoms with Crippen molar-refractivity contribution in [3.63, 3.8) is 0 Å². The number of hydrogen-bond acceptors (Lipinski definition) is 4. The lowest BCUT2D eigenvalue weighted by Gasteiger charge is -2.26. The molecule has 5 rings (SSSR count). The Bertz CT molecular complexity index is 971. The standard InChI is InChI=1S/C19H23F3N6O/c1-9-14-12(5-18(2)16(9)19(18,21)22)26-27-15(14)17(29)25-10-6-24-28(8-10)13-3-4-23-7-11(13)20/h6,8-9,11,13,16,23H,3-5,7H2,1-2H3,(H,25,29)(H,26,27)/t9?,11-,13-,16+,18-/m1/s1. The summed E-state index contributed by atoms with van der Waals surface area (Å²) >= 11 is 0. The number of anilines is 1. The molecule has 2 aromatic heterocycles. The Kier molecular flexibility index (Phi) is 3.90. The first-order valence-electron chi connectivity index (χ1n) is 9.89. The molecule has 156 valence electrons. The third kappa shape index (κ3) is 2.57. The van der Waals surface area contributed by atoms with E-state index in [1.165, 1.54) is 10.9 Å². The van der Waals surface area contributed by atoms with Gasteiger partial charge in [-0.15, -0.1) is 0 Å². The van der Waals surface area contributed by atoms with Crippen LogP contribution in [0.4, 0.5) is 18.9 Å². The maximum atomic E-state index is 14.3. The first-order chi connectivity index (χ1) is 13.7. The number of hydrogen-bond donors (Lipinski definition) is 3. The van der Waals surface area contributed by atoms with Gasteiger partial charge in [0.1, 0.15) is 6.17 Å². The molecule has 3 heterocycles. The van der Waals surface area contributed by atoms with Crippen LogP contribution in [0.5, 0.6) is 0 Å². The molecule has 2 fully saturated rings. The van der Waals surface area contributed by atoms with Gasteiger partial charge in [0.15, 0.2) is 5.69 Å². The van der Waals surface area contributed by atoms with E-state index in [9.17, 15) is 18.0 Å². The molecule has 1 unspecified atom stereocenters. The lowest BCUT2D eigenvalue weighted by molar-refractivity contribution is 0.0614. The molecule has 1 saturated heterocycles. The van der Waals surface area contributed by atoms with Gasteiger partial charge in [0.25, 0.3) is 11.8 Å². The minimum absolute atomic E-state index is 0.134. The average Bonchev–Trinajstić information content (AvgIpc) is 3.09. The van der Waals surface area contributed by atoms with Gasteiger partial charge in [0.2, 0.25) is 0 Å². The molecule has 29 heavy (non-hydrogen) atoms. The van der Waals surface area contributed by atoms with E-state index in [0.29, 0.717) is 29.9 Å². The van der Waals surface area contributed by atoms with Crippen molar-refractivity contribution in [2.45, 2.75) is 50.7 Å². The van der Waals surface area contributed by atoms with Gasteiger partial charge >= 0.3 is 0 Å². The molecule has 3 N–H and O–H groups in total. The highest BCUT2D eigenvalue weighted by Crippen LogP contribution is 2.74. The van der Waals surface area contributed by atoms with Crippen molar-refractivity contribution >= 4 is 11.6 Å². The Morgan fingerprint density at radius 3 is 2.97 bits per heavy atom. The molecule has 2 aromatic rings. The van der Waals surface area contributed by atoms with Crippen LogP contribution in [0.2, 0.25) is 0 Å². The molecule has 0 radical (unpaired) electrons. The first kappa shape index (κ1) is 18.7. The first-order valence-corrected chi connectivity index (χ1v) is 9.89. The smallest absolute Gasteiger partial charge is 0.276 e. The van der Waals surface area contributed by atoms with Gasteiger partial charge in [0, 0.05) is 41.8 Å². The SMILES string of the molecule is CC1c2c(C(=O)Nc3cnn([C@@H]4CCNC[C@H]4F)c3)n[nH]c2C[C@]2(C)[C@H]1C2(F)F. The topological polar surface area (TPSA) is 87.6 Å². The molecule has 5 atom stereocenters. The molecule has 0 aromatic carbocycles. The third-order valence-electron chi connectivity index (χ3n) is 6.93. The third-order valence-corrected chi connectivity index (χ3v) is 6.93. The molecule has 2 aliphatic carbocycles. The summed E-state index contributed by atoms with van der Waals surface area (Å²) in [6, 6.07) is -0.380. The van der Waals surface area contributed by atoms with Crippen molar-refractivity contribution in [3.05, 3.63) is 29.3 Å². The quantitative estimate of drug-likeness (QED) is 0.729. The van der Waals surface area contributed by atoms with E-state index < -0.39 is 35.3 Å². The van der Waals surface area contributed by atoms with Gasteiger partial charge in [-0.1, -0.05) is 13.8 Å². The minimum Gasteiger partial charge on any atom is -0.318 e. The van der Waals surface area contributed by atoms with Crippen LogP contribution in [0.3, 0.4) is 0 Å². The summed E-state index contributed by atoms with van der Waals surface area (Å²) < 4.78 is 44.2. The molecule has 1 saturated carbocycles. The molecular formula is C19H23F3N6O. The van der Waals surface area contributed by atoms with E-state index in [0.717, 1.165) is 0 Å². The van der Waals surface area contributed by atoms with Crippen LogP contribution < -0.4 is 10.6 Å². The van der Waals surface area contributed by atoms with E-state index in [1.807, 2.05) is 0 Å². The zero-order valence-electron chi connectivity index (χ0n) is 16.2. The highest BCUT2D eigenvalue weighted by Gasteiger charge is 2.80. The number of nitrogens with one attached hydrogen (secondary N) is 3. The minimum atomic E-state index is -2.74. The summed E-state index contributed by atoms with van der Waals surface area (Å²) in [6.45, 7) is 4.29. The second-order valence-electron chi connectivity index (χ2n) is 8.69. The number of H-pyrrole nitrogens is 1. The van der Waals surface area contributed by atoms with Crippen LogP contribution in [0.15, 0.2) is 12.4 Å². The van der Waals surface area contributed by atoms with Crippen molar-refractivity contribution in [2.75, 3.05) is 18.4 Å². The lowest BCUT2D eigenvalue weighted by atomic mass is 9.80. The van der Waals surface area contributed by atoms with Gasteiger partial charge in [-0.05, 0) is 18.9 Å². The Morgan fingerprint density at radius 1 is 1.41 bits per heavy atom. The maximum Gasteiger partial charge on any atom is 0.276 e. The highest BCUT2D eigenvalue weighted by molar-refractivity contribution is 6.04. The van der Waals surface area contributed by atoms with Crippen molar-refractivity contribution in [1.29, 1.82) is 0 Å². The Balaban J connectivity index is 1.35. The number of alkyl halides is 3. The van der Waals surface area contributed by atoms with Crippen LogP contribution in [-0.4, -0.2) is 51.1 Å². The van der Waals surface area contributed by atoms with Crippen molar-refractivity contribution in [1.82, 2.24) is 25.3 Å². The zero-order valence-corrected chi connectivity index (χ0v) is 16.2. The number of fused-ring (bicyclic) bond motifs is 2. The fourth-order valence-corrected chi connectivity index (χ4v) is 5.31. The number of nitrogens with zero attached hydrogens (tertiary/aromatic N) is 3.